The van der Waals surface area contributed by atoms with Crippen molar-refractivity contribution in [2.45, 2.75) is 103 Å². The molecule has 0 aromatic heterocycles. The van der Waals surface area contributed by atoms with Gasteiger partial charge in [0.25, 0.3) is 0 Å². The molecule has 0 aromatic rings. The first-order valence-electron chi connectivity index (χ1n) is 9.29. The van der Waals surface area contributed by atoms with Crippen LogP contribution in [0.25, 0.3) is 0 Å². The Labute approximate surface area is 131 Å². The van der Waals surface area contributed by atoms with Crippen LogP contribution in [0.1, 0.15) is 90.9 Å². The molecule has 2 aliphatic carbocycles. The summed E-state index contributed by atoms with van der Waals surface area (Å²) in [6, 6.07) is 4.14. The maximum atomic E-state index is 9.19. The fraction of sp³-hybridized carbons (Fsp3) is 0.947. The van der Waals surface area contributed by atoms with E-state index in [9.17, 15) is 5.26 Å². The molecule has 0 aliphatic heterocycles. The number of rotatable bonds is 6. The van der Waals surface area contributed by atoms with E-state index >= 15 is 0 Å². The van der Waals surface area contributed by atoms with Crippen LogP contribution >= 0.6 is 0 Å². The first-order chi connectivity index (χ1) is 10.1. The average molecular weight is 290 g/mol. The minimum atomic E-state index is -0.148. The third-order valence-corrected chi connectivity index (χ3v) is 5.61. The van der Waals surface area contributed by atoms with Crippen molar-refractivity contribution in [3.63, 3.8) is 0 Å². The molecule has 0 heterocycles. The third-order valence-electron chi connectivity index (χ3n) is 5.61. The van der Waals surface area contributed by atoms with Crippen molar-refractivity contribution in [3.05, 3.63) is 0 Å². The first kappa shape index (κ1) is 16.8. The van der Waals surface area contributed by atoms with Crippen LogP contribution in [0.2, 0.25) is 0 Å². The predicted octanol–water partition coefficient (Wildman–Crippen LogP) is 5.28. The van der Waals surface area contributed by atoms with Gasteiger partial charge < -0.3 is 0 Å². The van der Waals surface area contributed by atoms with Gasteiger partial charge in [-0.25, -0.2) is 0 Å². The molecule has 2 aliphatic rings. The molecular weight excluding hydrogens is 256 g/mol. The van der Waals surface area contributed by atoms with Crippen LogP contribution in [0, 0.1) is 16.7 Å². The molecule has 0 N–H and O–H groups in total. The third kappa shape index (κ3) is 5.29. The van der Waals surface area contributed by atoms with Crippen molar-refractivity contribution in [3.8, 4) is 6.07 Å². The molecule has 2 nitrogen and oxygen atoms in total. The second-order valence-electron chi connectivity index (χ2n) is 7.92. The van der Waals surface area contributed by atoms with Gasteiger partial charge in [-0.1, -0.05) is 38.5 Å². The molecule has 2 rings (SSSR count). The lowest BCUT2D eigenvalue weighted by molar-refractivity contribution is 0.0769. The lowest BCUT2D eigenvalue weighted by Gasteiger charge is -2.42. The largest absolute Gasteiger partial charge is 0.297 e. The minimum absolute atomic E-state index is 0.148. The van der Waals surface area contributed by atoms with Gasteiger partial charge in [-0.05, 0) is 58.9 Å². The van der Waals surface area contributed by atoms with Gasteiger partial charge in [-0.15, -0.1) is 0 Å². The number of nitrogens with zero attached hydrogens (tertiary/aromatic N) is 2. The van der Waals surface area contributed by atoms with E-state index in [4.69, 9.17) is 0 Å². The molecule has 0 radical (unpaired) electrons. The zero-order valence-corrected chi connectivity index (χ0v) is 14.2. The van der Waals surface area contributed by atoms with E-state index in [0.717, 1.165) is 18.5 Å². The van der Waals surface area contributed by atoms with Gasteiger partial charge in [0, 0.05) is 12.1 Å². The Morgan fingerprint density at radius 3 is 1.81 bits per heavy atom. The van der Waals surface area contributed by atoms with Crippen LogP contribution in [0.3, 0.4) is 0 Å². The topological polar surface area (TPSA) is 27.0 Å². The van der Waals surface area contributed by atoms with E-state index in [1.807, 2.05) is 0 Å². The summed E-state index contributed by atoms with van der Waals surface area (Å²) in [6.45, 7) is 5.39. The molecular formula is C19H34N2. The van der Waals surface area contributed by atoms with Crippen LogP contribution in [0.4, 0.5) is 0 Å². The summed E-state index contributed by atoms with van der Waals surface area (Å²) in [7, 11) is 0. The first-order valence-corrected chi connectivity index (χ1v) is 9.29. The molecule has 0 atom stereocenters. The molecule has 120 valence electrons. The molecule has 2 heteroatoms. The van der Waals surface area contributed by atoms with E-state index in [1.54, 1.807) is 0 Å². The van der Waals surface area contributed by atoms with Gasteiger partial charge in [0.2, 0.25) is 0 Å². The highest BCUT2D eigenvalue weighted by Gasteiger charge is 2.29. The summed E-state index contributed by atoms with van der Waals surface area (Å²) < 4.78 is 0. The molecule has 0 aromatic carbocycles. The average Bonchev–Trinajstić information content (AvgIpc) is 2.53. The molecule has 0 amide bonds. The lowest BCUT2D eigenvalue weighted by atomic mass is 9.87. The van der Waals surface area contributed by atoms with Crippen LogP contribution in [0.15, 0.2) is 0 Å². The van der Waals surface area contributed by atoms with Gasteiger partial charge in [0.05, 0.1) is 11.5 Å². The zero-order chi connectivity index (χ0) is 15.1. The van der Waals surface area contributed by atoms with Crippen LogP contribution in [-0.4, -0.2) is 23.5 Å². The highest BCUT2D eigenvalue weighted by atomic mass is 15.2. The summed E-state index contributed by atoms with van der Waals surface area (Å²) in [5.74, 6) is 0. The SMILES string of the molecule is CC(C)(C#N)CCCN(C1CCCCC1)C1CCCCC1. The van der Waals surface area contributed by atoms with E-state index in [0.29, 0.717) is 0 Å². The standard InChI is InChI=1S/C19H34N2/c1-19(2,16-20)14-9-15-21(17-10-5-3-6-11-17)18-12-7-4-8-13-18/h17-18H,3-15H2,1-2H3. The maximum Gasteiger partial charge on any atom is 0.0683 e. The van der Waals surface area contributed by atoms with Gasteiger partial charge in [0.1, 0.15) is 0 Å². The summed E-state index contributed by atoms with van der Waals surface area (Å²) >= 11 is 0. The molecule has 21 heavy (non-hydrogen) atoms. The van der Waals surface area contributed by atoms with Crippen LogP contribution in [0.5, 0.6) is 0 Å². The molecule has 0 bridgehead atoms. The highest BCUT2D eigenvalue weighted by molar-refractivity contribution is 4.92. The van der Waals surface area contributed by atoms with Gasteiger partial charge in [-0.3, -0.25) is 4.90 Å². The Morgan fingerprint density at radius 1 is 0.905 bits per heavy atom. The van der Waals surface area contributed by atoms with E-state index in [-0.39, 0.29) is 5.41 Å². The van der Waals surface area contributed by atoms with Gasteiger partial charge in [0.15, 0.2) is 0 Å². The Morgan fingerprint density at radius 2 is 1.38 bits per heavy atom. The van der Waals surface area contributed by atoms with Crippen LogP contribution in [-0.2, 0) is 0 Å². The second kappa shape index (κ2) is 8.18. The quantitative estimate of drug-likeness (QED) is 0.665. The Bertz CT molecular complexity index is 312. The molecule has 2 saturated carbocycles. The second-order valence-corrected chi connectivity index (χ2v) is 7.92. The number of hydrogen-bond donors (Lipinski definition) is 0. The number of nitriles is 1. The molecule has 0 spiro atoms. The summed E-state index contributed by atoms with van der Waals surface area (Å²) in [4.78, 5) is 2.87. The number of hydrogen-bond acceptors (Lipinski definition) is 2. The van der Waals surface area contributed by atoms with Gasteiger partial charge in [-0.2, -0.15) is 5.26 Å². The fourth-order valence-corrected chi connectivity index (χ4v) is 4.25. The van der Waals surface area contributed by atoms with E-state index in [2.05, 4.69) is 24.8 Å². The maximum absolute atomic E-state index is 9.19. The lowest BCUT2D eigenvalue weighted by Crippen LogP contribution is -2.45. The van der Waals surface area contributed by atoms with Crippen molar-refractivity contribution in [2.24, 2.45) is 5.41 Å². The fourth-order valence-electron chi connectivity index (χ4n) is 4.25. The smallest absolute Gasteiger partial charge is 0.0683 e. The van der Waals surface area contributed by atoms with E-state index in [1.165, 1.54) is 77.2 Å². The van der Waals surface area contributed by atoms with Crippen molar-refractivity contribution in [2.75, 3.05) is 6.54 Å². The Hall–Kier alpha value is -0.550. The van der Waals surface area contributed by atoms with Crippen molar-refractivity contribution >= 4 is 0 Å². The molecule has 0 unspecified atom stereocenters. The summed E-state index contributed by atoms with van der Waals surface area (Å²) in [5, 5.41) is 9.19. The van der Waals surface area contributed by atoms with E-state index < -0.39 is 0 Å². The van der Waals surface area contributed by atoms with Crippen molar-refractivity contribution < 1.29 is 0 Å². The molecule has 2 fully saturated rings. The van der Waals surface area contributed by atoms with Gasteiger partial charge >= 0.3 is 0 Å². The monoisotopic (exact) mass is 290 g/mol. The Kier molecular flexibility index (Phi) is 6.55. The summed E-state index contributed by atoms with van der Waals surface area (Å²) in [6.07, 6.45) is 16.5. The normalized spacial score (nSPS) is 22.4. The molecule has 0 saturated heterocycles. The van der Waals surface area contributed by atoms with Crippen molar-refractivity contribution in [1.82, 2.24) is 4.90 Å². The van der Waals surface area contributed by atoms with Crippen molar-refractivity contribution in [1.29, 1.82) is 5.26 Å². The predicted molar refractivity (Wildman–Crippen MR) is 89.1 cm³/mol. The van der Waals surface area contributed by atoms with Crippen LogP contribution < -0.4 is 0 Å². The minimum Gasteiger partial charge on any atom is -0.297 e. The zero-order valence-electron chi connectivity index (χ0n) is 14.2. The highest BCUT2D eigenvalue weighted by Crippen LogP contribution is 2.31. The Balaban J connectivity index is 1.89. The summed E-state index contributed by atoms with van der Waals surface area (Å²) in [5.41, 5.74) is -0.148.